The van der Waals surface area contributed by atoms with Crippen LogP contribution in [0.4, 0.5) is 11.4 Å². The fourth-order valence-electron chi connectivity index (χ4n) is 3.52. The molecule has 0 aromatic heterocycles. The first-order valence-corrected chi connectivity index (χ1v) is 11.9. The number of methoxy groups -OCH3 is 2. The Bertz CT molecular complexity index is 1230. The highest BCUT2D eigenvalue weighted by Gasteiger charge is 2.30. The van der Waals surface area contributed by atoms with Crippen molar-refractivity contribution in [1.29, 1.82) is 0 Å². The lowest BCUT2D eigenvalue weighted by Gasteiger charge is -2.26. The normalized spacial score (nSPS) is 11.0. The van der Waals surface area contributed by atoms with Crippen LogP contribution in [0.3, 0.4) is 0 Å². The van der Waals surface area contributed by atoms with E-state index in [0.717, 1.165) is 21.9 Å². The summed E-state index contributed by atoms with van der Waals surface area (Å²) in [6.07, 6.45) is 0.729. The summed E-state index contributed by atoms with van der Waals surface area (Å²) in [7, 11) is -1.16. The fraction of sp³-hybridized carbons (Fsp3) is 0.240. The van der Waals surface area contributed by atoms with E-state index in [0.29, 0.717) is 17.2 Å². The maximum Gasteiger partial charge on any atom is 0.264 e. The Kier molecular flexibility index (Phi) is 7.60. The lowest BCUT2D eigenvalue weighted by atomic mass is 10.1. The average Bonchev–Trinajstić information content (AvgIpc) is 2.83. The number of nitrogens with zero attached hydrogens (tertiary/aromatic N) is 1. The van der Waals surface area contributed by atoms with E-state index in [-0.39, 0.29) is 10.6 Å². The second-order valence-electron chi connectivity index (χ2n) is 7.37. The number of sulfonamides is 1. The maximum atomic E-state index is 13.6. The minimum Gasteiger partial charge on any atom is -0.497 e. The molecule has 0 fully saturated rings. The summed E-state index contributed by atoms with van der Waals surface area (Å²) in [4.78, 5) is 13.2. The van der Waals surface area contributed by atoms with E-state index in [1.165, 1.54) is 32.4 Å². The molecule has 0 radical (unpaired) electrons. The van der Waals surface area contributed by atoms with Gasteiger partial charge in [0, 0.05) is 11.8 Å². The van der Waals surface area contributed by atoms with Gasteiger partial charge < -0.3 is 14.8 Å². The second kappa shape index (κ2) is 10.4. The van der Waals surface area contributed by atoms with Crippen molar-refractivity contribution in [2.75, 3.05) is 30.4 Å². The second-order valence-corrected chi connectivity index (χ2v) is 9.24. The summed E-state index contributed by atoms with van der Waals surface area (Å²) in [5, 5.41) is 2.90. The minimum atomic E-state index is -4.09. The van der Waals surface area contributed by atoms with Crippen LogP contribution in [0.2, 0.25) is 0 Å². The van der Waals surface area contributed by atoms with Crippen molar-refractivity contribution in [3.63, 3.8) is 0 Å². The van der Waals surface area contributed by atoms with Crippen LogP contribution in [0.15, 0.2) is 71.6 Å². The standard InChI is InChI=1S/C25H28N2O5S/c1-5-19-11-9-10-18(2)25(19)26-24(28)17-27(33(29,30)21-12-7-6-8-13-21)22-16-20(31-3)14-15-23(22)32-4/h6-16H,5,17H2,1-4H3,(H,26,28). The number of para-hydroxylation sites is 1. The van der Waals surface area contributed by atoms with Gasteiger partial charge in [-0.2, -0.15) is 0 Å². The molecule has 0 saturated heterocycles. The van der Waals surface area contributed by atoms with Gasteiger partial charge in [0.25, 0.3) is 10.0 Å². The lowest BCUT2D eigenvalue weighted by molar-refractivity contribution is -0.114. The zero-order valence-electron chi connectivity index (χ0n) is 19.2. The SMILES string of the molecule is CCc1cccc(C)c1NC(=O)CN(c1cc(OC)ccc1OC)S(=O)(=O)c1ccccc1. The predicted octanol–water partition coefficient (Wildman–Crippen LogP) is 4.41. The highest BCUT2D eigenvalue weighted by Crippen LogP contribution is 2.35. The highest BCUT2D eigenvalue weighted by atomic mass is 32.2. The lowest BCUT2D eigenvalue weighted by Crippen LogP contribution is -2.38. The molecule has 33 heavy (non-hydrogen) atoms. The zero-order chi connectivity index (χ0) is 24.0. The molecule has 0 aliphatic rings. The van der Waals surface area contributed by atoms with E-state index in [1.54, 1.807) is 30.3 Å². The summed E-state index contributed by atoms with van der Waals surface area (Å²) < 4.78 is 39.0. The number of ether oxygens (including phenoxy) is 2. The Morgan fingerprint density at radius 2 is 1.70 bits per heavy atom. The number of rotatable bonds is 9. The van der Waals surface area contributed by atoms with E-state index in [4.69, 9.17) is 9.47 Å². The predicted molar refractivity (Wildman–Crippen MR) is 130 cm³/mol. The number of hydrogen-bond acceptors (Lipinski definition) is 5. The van der Waals surface area contributed by atoms with E-state index in [2.05, 4.69) is 5.32 Å². The summed E-state index contributed by atoms with van der Waals surface area (Å²) in [5.41, 5.74) is 2.77. The zero-order valence-corrected chi connectivity index (χ0v) is 20.0. The number of anilines is 2. The third-order valence-corrected chi connectivity index (χ3v) is 7.05. The Balaban J connectivity index is 2.07. The van der Waals surface area contributed by atoms with Crippen molar-refractivity contribution in [2.24, 2.45) is 0 Å². The van der Waals surface area contributed by atoms with Crippen LogP contribution in [-0.2, 0) is 21.2 Å². The summed E-state index contributed by atoms with van der Waals surface area (Å²) in [6, 6.07) is 18.6. The molecule has 0 aliphatic carbocycles. The number of hydrogen-bond donors (Lipinski definition) is 1. The quantitative estimate of drug-likeness (QED) is 0.503. The van der Waals surface area contributed by atoms with Crippen LogP contribution in [0, 0.1) is 6.92 Å². The molecular formula is C25H28N2O5S. The molecule has 3 rings (SSSR count). The van der Waals surface area contributed by atoms with Crippen molar-refractivity contribution in [3.05, 3.63) is 77.9 Å². The van der Waals surface area contributed by atoms with Gasteiger partial charge in [-0.1, -0.05) is 43.3 Å². The van der Waals surface area contributed by atoms with Crippen LogP contribution < -0.4 is 19.1 Å². The molecule has 0 spiro atoms. The van der Waals surface area contributed by atoms with Gasteiger partial charge in [-0.05, 0) is 48.7 Å². The Labute approximate surface area is 195 Å². The van der Waals surface area contributed by atoms with Gasteiger partial charge in [-0.25, -0.2) is 8.42 Å². The molecular weight excluding hydrogens is 440 g/mol. The van der Waals surface area contributed by atoms with Crippen LogP contribution >= 0.6 is 0 Å². The number of carbonyl (C=O) groups excluding carboxylic acids is 1. The van der Waals surface area contributed by atoms with Crippen LogP contribution in [0.5, 0.6) is 11.5 Å². The molecule has 3 aromatic rings. The smallest absolute Gasteiger partial charge is 0.264 e. The van der Waals surface area contributed by atoms with Crippen molar-refractivity contribution in [1.82, 2.24) is 0 Å². The van der Waals surface area contributed by atoms with Gasteiger partial charge in [0.05, 0.1) is 24.8 Å². The van der Waals surface area contributed by atoms with Gasteiger partial charge in [-0.3, -0.25) is 9.10 Å². The Morgan fingerprint density at radius 3 is 2.33 bits per heavy atom. The molecule has 7 nitrogen and oxygen atoms in total. The van der Waals surface area contributed by atoms with Gasteiger partial charge >= 0.3 is 0 Å². The molecule has 174 valence electrons. The van der Waals surface area contributed by atoms with Gasteiger partial charge in [0.2, 0.25) is 5.91 Å². The van der Waals surface area contributed by atoms with Crippen LogP contribution in [0.1, 0.15) is 18.1 Å². The number of carbonyl (C=O) groups is 1. The first-order valence-electron chi connectivity index (χ1n) is 10.5. The first kappa shape index (κ1) is 24.1. The van der Waals surface area contributed by atoms with Crippen molar-refractivity contribution >= 4 is 27.3 Å². The largest absolute Gasteiger partial charge is 0.497 e. The highest BCUT2D eigenvalue weighted by molar-refractivity contribution is 7.92. The fourth-order valence-corrected chi connectivity index (χ4v) is 4.97. The summed E-state index contributed by atoms with van der Waals surface area (Å²) in [5.74, 6) is 0.267. The molecule has 0 bridgehead atoms. The third-order valence-electron chi connectivity index (χ3n) is 5.28. The average molecular weight is 469 g/mol. The topological polar surface area (TPSA) is 84.9 Å². The molecule has 3 aromatic carbocycles. The van der Waals surface area contributed by atoms with Crippen molar-refractivity contribution in [2.45, 2.75) is 25.2 Å². The van der Waals surface area contributed by atoms with Gasteiger partial charge in [0.1, 0.15) is 18.0 Å². The Morgan fingerprint density at radius 1 is 0.970 bits per heavy atom. The molecule has 0 saturated carbocycles. The van der Waals surface area contributed by atoms with Crippen molar-refractivity contribution in [3.8, 4) is 11.5 Å². The van der Waals surface area contributed by atoms with Gasteiger partial charge in [-0.15, -0.1) is 0 Å². The molecule has 1 amide bonds. The molecule has 0 heterocycles. The number of aryl methyl sites for hydroxylation is 2. The molecule has 8 heteroatoms. The van der Waals surface area contributed by atoms with E-state index in [1.807, 2.05) is 32.0 Å². The first-order chi connectivity index (χ1) is 15.8. The number of nitrogens with one attached hydrogen (secondary N) is 1. The van der Waals surface area contributed by atoms with E-state index < -0.39 is 22.5 Å². The third kappa shape index (κ3) is 5.28. The minimum absolute atomic E-state index is 0.0628. The molecule has 0 unspecified atom stereocenters. The molecule has 1 N–H and O–H groups in total. The summed E-state index contributed by atoms with van der Waals surface area (Å²) in [6.45, 7) is 3.45. The monoisotopic (exact) mass is 468 g/mol. The number of benzene rings is 3. The van der Waals surface area contributed by atoms with Crippen LogP contribution in [-0.4, -0.2) is 35.1 Å². The number of amides is 1. The Hall–Kier alpha value is -3.52. The van der Waals surface area contributed by atoms with Crippen LogP contribution in [0.25, 0.3) is 0 Å². The maximum absolute atomic E-state index is 13.6. The molecule has 0 aliphatic heterocycles. The summed E-state index contributed by atoms with van der Waals surface area (Å²) >= 11 is 0. The van der Waals surface area contributed by atoms with Crippen molar-refractivity contribution < 1.29 is 22.7 Å². The van der Waals surface area contributed by atoms with Gasteiger partial charge in [0.15, 0.2) is 0 Å². The van der Waals surface area contributed by atoms with E-state index in [9.17, 15) is 13.2 Å². The molecule has 0 atom stereocenters. The van der Waals surface area contributed by atoms with E-state index >= 15 is 0 Å².